The number of carbonyl (C=O) groups excluding carboxylic acids is 1. The van der Waals surface area contributed by atoms with E-state index < -0.39 is 4.92 Å². The monoisotopic (exact) mass is 297 g/mol. The molecule has 2 N–H and O–H groups in total. The highest BCUT2D eigenvalue weighted by atomic mass is 35.5. The van der Waals surface area contributed by atoms with Gasteiger partial charge in [0.05, 0.1) is 9.95 Å². The summed E-state index contributed by atoms with van der Waals surface area (Å²) >= 11 is 5.98. The molecule has 0 aromatic heterocycles. The normalized spacial score (nSPS) is 18.9. The lowest BCUT2D eigenvalue weighted by Crippen LogP contribution is -2.42. The van der Waals surface area contributed by atoms with Crippen LogP contribution >= 0.6 is 11.6 Å². The predicted octanol–water partition coefficient (Wildman–Crippen LogP) is 2.06. The predicted molar refractivity (Wildman–Crippen MR) is 75.8 cm³/mol. The van der Waals surface area contributed by atoms with Crippen molar-refractivity contribution < 1.29 is 9.72 Å². The van der Waals surface area contributed by atoms with E-state index in [4.69, 9.17) is 17.3 Å². The fraction of sp³-hybridized carbons (Fsp3) is 0.462. The molecule has 0 saturated carbocycles. The lowest BCUT2D eigenvalue weighted by atomic mass is 9.97. The van der Waals surface area contributed by atoms with Gasteiger partial charge in [0.1, 0.15) is 5.56 Å². The number of rotatable bonds is 3. The molecule has 20 heavy (non-hydrogen) atoms. The highest BCUT2D eigenvalue weighted by Crippen LogP contribution is 2.29. The van der Waals surface area contributed by atoms with Crippen LogP contribution in [0.25, 0.3) is 0 Å². The van der Waals surface area contributed by atoms with Crippen molar-refractivity contribution in [1.29, 1.82) is 0 Å². The lowest BCUT2D eigenvalue weighted by molar-refractivity contribution is -0.385. The largest absolute Gasteiger partial charge is 0.338 e. The molecular weight excluding hydrogens is 282 g/mol. The van der Waals surface area contributed by atoms with E-state index in [-0.39, 0.29) is 28.1 Å². The summed E-state index contributed by atoms with van der Waals surface area (Å²) in [4.78, 5) is 24.6. The van der Waals surface area contributed by atoms with E-state index in [0.717, 1.165) is 12.8 Å². The van der Waals surface area contributed by atoms with Crippen LogP contribution in [-0.2, 0) is 0 Å². The topological polar surface area (TPSA) is 89.5 Å². The molecule has 108 valence electrons. The van der Waals surface area contributed by atoms with Crippen LogP contribution in [0.3, 0.4) is 0 Å². The summed E-state index contributed by atoms with van der Waals surface area (Å²) in [5.74, 6) is -0.144. The Balaban J connectivity index is 2.31. The van der Waals surface area contributed by atoms with E-state index >= 15 is 0 Å². The van der Waals surface area contributed by atoms with Gasteiger partial charge in [-0.1, -0.05) is 17.7 Å². The zero-order chi connectivity index (χ0) is 14.7. The maximum atomic E-state index is 12.5. The molecule has 1 amide bonds. The summed E-state index contributed by atoms with van der Waals surface area (Å²) in [7, 11) is 0. The maximum Gasteiger partial charge on any atom is 0.283 e. The molecule has 1 atom stereocenters. The number of carbonyl (C=O) groups is 1. The molecule has 1 fully saturated rings. The van der Waals surface area contributed by atoms with Crippen molar-refractivity contribution >= 4 is 23.2 Å². The summed E-state index contributed by atoms with van der Waals surface area (Å²) in [6.45, 7) is 1.61. The minimum absolute atomic E-state index is 0.0307. The number of halogens is 1. The first-order valence-corrected chi connectivity index (χ1v) is 6.84. The molecule has 2 rings (SSSR count). The Hall–Kier alpha value is -1.66. The number of hydrogen-bond acceptors (Lipinski definition) is 4. The molecule has 6 nitrogen and oxygen atoms in total. The minimum Gasteiger partial charge on any atom is -0.338 e. The summed E-state index contributed by atoms with van der Waals surface area (Å²) in [5.41, 5.74) is 5.36. The SMILES string of the molecule is NCC1CCCN(C(=O)c2c(Cl)cccc2[N+](=O)[O-])C1. The van der Waals surface area contributed by atoms with Gasteiger partial charge in [0.25, 0.3) is 11.6 Å². The number of hydrogen-bond donors (Lipinski definition) is 1. The molecule has 0 bridgehead atoms. The maximum absolute atomic E-state index is 12.5. The zero-order valence-corrected chi connectivity index (χ0v) is 11.7. The smallest absolute Gasteiger partial charge is 0.283 e. The van der Waals surface area contributed by atoms with E-state index in [1.54, 1.807) is 4.90 Å². The standard InChI is InChI=1S/C13H16ClN3O3/c14-10-4-1-5-11(17(19)20)12(10)13(18)16-6-2-3-9(7-15)8-16/h1,4-5,9H,2-3,6-8,15H2. The van der Waals surface area contributed by atoms with Crippen molar-refractivity contribution in [2.24, 2.45) is 11.7 Å². The van der Waals surface area contributed by atoms with Crippen LogP contribution in [-0.4, -0.2) is 35.4 Å². The van der Waals surface area contributed by atoms with Crippen LogP contribution < -0.4 is 5.73 Å². The molecule has 7 heteroatoms. The second-order valence-corrected chi connectivity index (χ2v) is 5.29. The lowest BCUT2D eigenvalue weighted by Gasteiger charge is -2.32. The average molecular weight is 298 g/mol. The van der Waals surface area contributed by atoms with Crippen molar-refractivity contribution in [1.82, 2.24) is 4.90 Å². The van der Waals surface area contributed by atoms with Crippen LogP contribution in [0.1, 0.15) is 23.2 Å². The third kappa shape index (κ3) is 2.91. The molecule has 1 aliphatic heterocycles. The fourth-order valence-electron chi connectivity index (χ4n) is 2.48. The van der Waals surface area contributed by atoms with Crippen molar-refractivity contribution in [3.8, 4) is 0 Å². The van der Waals surface area contributed by atoms with E-state index in [2.05, 4.69) is 0 Å². The van der Waals surface area contributed by atoms with Gasteiger partial charge in [-0.25, -0.2) is 0 Å². The van der Waals surface area contributed by atoms with Crippen molar-refractivity contribution in [3.05, 3.63) is 38.9 Å². The number of likely N-dealkylation sites (tertiary alicyclic amines) is 1. The van der Waals surface area contributed by atoms with Crippen molar-refractivity contribution in [3.63, 3.8) is 0 Å². The van der Waals surface area contributed by atoms with Crippen LogP contribution in [0.4, 0.5) is 5.69 Å². The van der Waals surface area contributed by atoms with Gasteiger partial charge in [-0.2, -0.15) is 0 Å². The van der Waals surface area contributed by atoms with Gasteiger partial charge in [-0.15, -0.1) is 0 Å². The molecule has 0 spiro atoms. The number of piperidine rings is 1. The molecule has 1 unspecified atom stereocenters. The van der Waals surface area contributed by atoms with Crippen molar-refractivity contribution in [2.75, 3.05) is 19.6 Å². The van der Waals surface area contributed by atoms with Gasteiger partial charge in [0.2, 0.25) is 0 Å². The number of nitro benzene ring substituents is 1. The van der Waals surface area contributed by atoms with E-state index in [1.807, 2.05) is 0 Å². The Morgan fingerprint density at radius 2 is 2.30 bits per heavy atom. The molecule has 1 heterocycles. The van der Waals surface area contributed by atoms with E-state index in [0.29, 0.717) is 19.6 Å². The Kier molecular flexibility index (Phi) is 4.57. The minimum atomic E-state index is -0.580. The second-order valence-electron chi connectivity index (χ2n) is 4.89. The highest BCUT2D eigenvalue weighted by Gasteiger charge is 2.30. The molecule has 1 aromatic carbocycles. The molecule has 1 saturated heterocycles. The third-order valence-corrected chi connectivity index (χ3v) is 3.86. The van der Waals surface area contributed by atoms with E-state index in [1.165, 1.54) is 18.2 Å². The molecule has 1 aliphatic rings. The van der Waals surface area contributed by atoms with Gasteiger partial charge in [0.15, 0.2) is 0 Å². The van der Waals surface area contributed by atoms with Crippen LogP contribution in [0.5, 0.6) is 0 Å². The third-order valence-electron chi connectivity index (χ3n) is 3.54. The Morgan fingerprint density at radius 3 is 2.95 bits per heavy atom. The number of amides is 1. The van der Waals surface area contributed by atoms with Gasteiger partial charge in [0, 0.05) is 19.2 Å². The van der Waals surface area contributed by atoms with Crippen LogP contribution in [0.2, 0.25) is 5.02 Å². The summed E-state index contributed by atoms with van der Waals surface area (Å²) in [6.07, 6.45) is 1.83. The highest BCUT2D eigenvalue weighted by molar-refractivity contribution is 6.34. The number of benzene rings is 1. The summed E-state index contributed by atoms with van der Waals surface area (Å²) < 4.78 is 0. The average Bonchev–Trinajstić information content (AvgIpc) is 2.46. The Bertz CT molecular complexity index is 536. The first-order chi connectivity index (χ1) is 9.54. The van der Waals surface area contributed by atoms with E-state index in [9.17, 15) is 14.9 Å². The fourth-order valence-corrected chi connectivity index (χ4v) is 2.73. The molecule has 0 radical (unpaired) electrons. The first kappa shape index (κ1) is 14.7. The van der Waals surface area contributed by atoms with Crippen molar-refractivity contribution in [2.45, 2.75) is 12.8 Å². The molecule has 1 aromatic rings. The first-order valence-electron chi connectivity index (χ1n) is 6.46. The summed E-state index contributed by atoms with van der Waals surface area (Å²) in [6, 6.07) is 4.26. The van der Waals surface area contributed by atoms with Gasteiger partial charge < -0.3 is 10.6 Å². The second kappa shape index (κ2) is 6.19. The number of nitro groups is 1. The summed E-state index contributed by atoms with van der Waals surface area (Å²) in [5, 5.41) is 11.1. The number of nitrogens with zero attached hydrogens (tertiary/aromatic N) is 2. The van der Waals surface area contributed by atoms with Crippen LogP contribution in [0.15, 0.2) is 18.2 Å². The Morgan fingerprint density at radius 1 is 1.55 bits per heavy atom. The molecular formula is C13H16ClN3O3. The van der Waals surface area contributed by atoms with Gasteiger partial charge in [-0.05, 0) is 31.4 Å². The van der Waals surface area contributed by atoms with Gasteiger partial charge in [-0.3, -0.25) is 14.9 Å². The molecule has 0 aliphatic carbocycles. The van der Waals surface area contributed by atoms with Gasteiger partial charge >= 0.3 is 0 Å². The number of nitrogens with two attached hydrogens (primary N) is 1. The quantitative estimate of drug-likeness (QED) is 0.683. The van der Waals surface area contributed by atoms with Crippen LogP contribution in [0, 0.1) is 16.0 Å². The Labute approximate surface area is 121 Å². The zero-order valence-electron chi connectivity index (χ0n) is 10.9.